The third kappa shape index (κ3) is 2.73. The van der Waals surface area contributed by atoms with E-state index in [1.807, 2.05) is 6.92 Å². The normalized spacial score (nSPS) is 16.5. The van der Waals surface area contributed by atoms with Crippen LogP contribution < -0.4 is 14.9 Å². The van der Waals surface area contributed by atoms with Crippen molar-refractivity contribution in [1.29, 1.82) is 0 Å². The van der Waals surface area contributed by atoms with Crippen molar-refractivity contribution in [1.82, 2.24) is 4.98 Å². The number of hydrogen-bond acceptors (Lipinski definition) is 5. The first-order valence-electron chi connectivity index (χ1n) is 7.01. The number of H-pyrrole nitrogens is 1. The Morgan fingerprint density at radius 2 is 2.35 bits per heavy atom. The predicted octanol–water partition coefficient (Wildman–Crippen LogP) is 2.06. The van der Waals surface area contributed by atoms with E-state index in [9.17, 15) is 9.59 Å². The van der Waals surface area contributed by atoms with Gasteiger partial charge in [-0.15, -0.1) is 0 Å². The Labute approximate surface area is 135 Å². The number of rotatable bonds is 4. The maximum Gasteiger partial charge on any atom is 0.341 e. The molecule has 23 heavy (non-hydrogen) atoms. The highest BCUT2D eigenvalue weighted by atomic mass is 35.5. The molecule has 0 saturated carbocycles. The number of carboxylic acids is 1. The number of nitrogens with one attached hydrogen (secondary N) is 1. The molecule has 1 aliphatic heterocycles. The van der Waals surface area contributed by atoms with E-state index in [-0.39, 0.29) is 34.4 Å². The fraction of sp³-hybridized carbons (Fsp3) is 0.333. The molecule has 0 spiro atoms. The van der Waals surface area contributed by atoms with Crippen LogP contribution in [0, 0.1) is 0 Å². The van der Waals surface area contributed by atoms with Crippen LogP contribution in [0.1, 0.15) is 17.3 Å². The van der Waals surface area contributed by atoms with Gasteiger partial charge in [-0.05, 0) is 6.92 Å². The molecule has 1 aromatic heterocycles. The molecule has 0 saturated heterocycles. The smallest absolute Gasteiger partial charge is 0.341 e. The van der Waals surface area contributed by atoms with Crippen molar-refractivity contribution in [3.05, 3.63) is 33.1 Å². The Morgan fingerprint density at radius 1 is 1.57 bits per heavy atom. The first kappa shape index (κ1) is 15.6. The van der Waals surface area contributed by atoms with Crippen LogP contribution in [0.25, 0.3) is 10.9 Å². The summed E-state index contributed by atoms with van der Waals surface area (Å²) in [6.45, 7) is 3.05. The first-order valence-corrected chi connectivity index (χ1v) is 7.39. The van der Waals surface area contributed by atoms with Gasteiger partial charge < -0.3 is 24.3 Å². The summed E-state index contributed by atoms with van der Waals surface area (Å²) in [4.78, 5) is 26.1. The molecule has 3 rings (SSSR count). The molecule has 2 heterocycles. The van der Waals surface area contributed by atoms with E-state index in [0.29, 0.717) is 24.5 Å². The van der Waals surface area contributed by atoms with Crippen molar-refractivity contribution in [3.8, 4) is 11.5 Å². The number of halogens is 1. The number of aromatic carboxylic acids is 1. The number of carbonyl (C=O) groups is 1. The monoisotopic (exact) mass is 339 g/mol. The summed E-state index contributed by atoms with van der Waals surface area (Å²) in [5.74, 6) is -0.701. The second-order valence-electron chi connectivity index (χ2n) is 4.99. The van der Waals surface area contributed by atoms with Crippen molar-refractivity contribution >= 4 is 28.5 Å². The molecule has 2 aromatic rings. The molecule has 1 aromatic carbocycles. The van der Waals surface area contributed by atoms with Crippen molar-refractivity contribution in [2.45, 2.75) is 13.0 Å². The fourth-order valence-electron chi connectivity index (χ4n) is 2.40. The van der Waals surface area contributed by atoms with Crippen LogP contribution in [0.4, 0.5) is 0 Å². The molecule has 0 unspecified atom stereocenters. The van der Waals surface area contributed by atoms with E-state index in [0.717, 1.165) is 6.20 Å². The SMILES string of the molecule is CCOC[C@H]1COc2c(cc3[nH]cc(C(=O)O)c(=O)c3c2Cl)O1. The number of aromatic amines is 1. The second-order valence-corrected chi connectivity index (χ2v) is 5.37. The van der Waals surface area contributed by atoms with E-state index >= 15 is 0 Å². The van der Waals surface area contributed by atoms with Crippen LogP contribution in [-0.2, 0) is 4.74 Å². The average Bonchev–Trinajstić information content (AvgIpc) is 2.52. The van der Waals surface area contributed by atoms with Gasteiger partial charge in [0.05, 0.1) is 22.5 Å². The van der Waals surface area contributed by atoms with Gasteiger partial charge >= 0.3 is 5.97 Å². The van der Waals surface area contributed by atoms with Crippen LogP contribution >= 0.6 is 11.6 Å². The van der Waals surface area contributed by atoms with Gasteiger partial charge in [0.15, 0.2) is 17.6 Å². The van der Waals surface area contributed by atoms with Crippen LogP contribution in [0.2, 0.25) is 5.02 Å². The molecular weight excluding hydrogens is 326 g/mol. The molecule has 2 N–H and O–H groups in total. The lowest BCUT2D eigenvalue weighted by Gasteiger charge is -2.27. The number of hydrogen-bond donors (Lipinski definition) is 2. The van der Waals surface area contributed by atoms with Gasteiger partial charge in [0.1, 0.15) is 12.2 Å². The fourth-order valence-corrected chi connectivity index (χ4v) is 2.73. The van der Waals surface area contributed by atoms with Gasteiger partial charge in [-0.3, -0.25) is 4.79 Å². The zero-order chi connectivity index (χ0) is 16.6. The van der Waals surface area contributed by atoms with Crippen molar-refractivity contribution in [2.24, 2.45) is 0 Å². The van der Waals surface area contributed by atoms with Gasteiger partial charge in [-0.2, -0.15) is 0 Å². The maximum atomic E-state index is 12.3. The van der Waals surface area contributed by atoms with Gasteiger partial charge in [0.2, 0.25) is 5.43 Å². The summed E-state index contributed by atoms with van der Waals surface area (Å²) in [6.07, 6.45) is 0.859. The lowest BCUT2D eigenvalue weighted by Crippen LogP contribution is -2.33. The molecule has 122 valence electrons. The highest BCUT2D eigenvalue weighted by molar-refractivity contribution is 6.37. The van der Waals surface area contributed by atoms with Crippen LogP contribution in [-0.4, -0.2) is 42.0 Å². The summed E-state index contributed by atoms with van der Waals surface area (Å²) >= 11 is 6.24. The Hall–Kier alpha value is -2.25. The zero-order valence-corrected chi connectivity index (χ0v) is 13.0. The number of aromatic nitrogens is 1. The van der Waals surface area contributed by atoms with E-state index in [4.69, 9.17) is 30.9 Å². The van der Waals surface area contributed by atoms with Crippen molar-refractivity contribution < 1.29 is 24.1 Å². The predicted molar refractivity (Wildman–Crippen MR) is 82.9 cm³/mol. The average molecular weight is 340 g/mol. The number of benzene rings is 1. The molecule has 0 fully saturated rings. The molecular formula is C15H14ClNO6. The summed E-state index contributed by atoms with van der Waals surface area (Å²) in [6, 6.07) is 1.57. The van der Waals surface area contributed by atoms with E-state index < -0.39 is 11.4 Å². The highest BCUT2D eigenvalue weighted by Crippen LogP contribution is 2.42. The van der Waals surface area contributed by atoms with Gasteiger partial charge in [0, 0.05) is 18.9 Å². The quantitative estimate of drug-likeness (QED) is 0.884. The first-order chi connectivity index (χ1) is 11.0. The molecule has 0 aliphatic carbocycles. The summed E-state index contributed by atoms with van der Waals surface area (Å²) in [5, 5.41) is 9.14. The number of carboxylic acid groups (broad SMARTS) is 1. The highest BCUT2D eigenvalue weighted by Gasteiger charge is 2.27. The van der Waals surface area contributed by atoms with Crippen molar-refractivity contribution in [3.63, 3.8) is 0 Å². The molecule has 1 atom stereocenters. The van der Waals surface area contributed by atoms with Crippen LogP contribution in [0.15, 0.2) is 17.1 Å². The number of fused-ring (bicyclic) bond motifs is 2. The Bertz CT molecular complexity index is 831. The molecule has 0 bridgehead atoms. The number of pyridine rings is 1. The van der Waals surface area contributed by atoms with Crippen molar-refractivity contribution in [2.75, 3.05) is 19.8 Å². The van der Waals surface area contributed by atoms with Crippen LogP contribution in [0.3, 0.4) is 0 Å². The van der Waals surface area contributed by atoms with E-state index in [2.05, 4.69) is 4.98 Å². The summed E-state index contributed by atoms with van der Waals surface area (Å²) in [5.41, 5.74) is -0.672. The number of ether oxygens (including phenoxy) is 3. The third-order valence-electron chi connectivity index (χ3n) is 3.48. The molecule has 8 heteroatoms. The van der Waals surface area contributed by atoms with E-state index in [1.54, 1.807) is 6.07 Å². The van der Waals surface area contributed by atoms with E-state index in [1.165, 1.54) is 0 Å². The summed E-state index contributed by atoms with van der Waals surface area (Å²) < 4.78 is 16.7. The largest absolute Gasteiger partial charge is 0.484 e. The standard InChI is InChI=1S/C15H14ClNO6/c1-2-21-5-7-6-22-14-10(23-7)3-9-11(12(14)16)13(18)8(4-17-9)15(19)20/h3-4,7H,2,5-6H2,1H3,(H,17,18)(H,19,20)/t7-/m0/s1. The molecule has 0 radical (unpaired) electrons. The summed E-state index contributed by atoms with van der Waals surface area (Å²) in [7, 11) is 0. The maximum absolute atomic E-state index is 12.3. The Morgan fingerprint density at radius 3 is 3.04 bits per heavy atom. The van der Waals surface area contributed by atoms with Gasteiger partial charge in [-0.25, -0.2) is 4.79 Å². The van der Waals surface area contributed by atoms with Gasteiger partial charge in [0.25, 0.3) is 0 Å². The lowest BCUT2D eigenvalue weighted by atomic mass is 10.1. The molecule has 0 amide bonds. The minimum Gasteiger partial charge on any atom is -0.484 e. The second kappa shape index (κ2) is 6.10. The Kier molecular flexibility index (Phi) is 4.14. The topological polar surface area (TPSA) is 97.9 Å². The lowest BCUT2D eigenvalue weighted by molar-refractivity contribution is 0.0130. The molecule has 1 aliphatic rings. The Balaban J connectivity index is 2.09. The molecule has 7 nitrogen and oxygen atoms in total. The minimum atomic E-state index is -1.32. The van der Waals surface area contributed by atoms with Gasteiger partial charge in [-0.1, -0.05) is 11.6 Å². The third-order valence-corrected chi connectivity index (χ3v) is 3.84. The van der Waals surface area contributed by atoms with Crippen LogP contribution in [0.5, 0.6) is 11.5 Å². The minimum absolute atomic E-state index is 0.0386. The zero-order valence-electron chi connectivity index (χ0n) is 12.2.